The van der Waals surface area contributed by atoms with Crippen molar-refractivity contribution in [3.8, 4) is 0 Å². The van der Waals surface area contributed by atoms with Gasteiger partial charge in [0.25, 0.3) is 0 Å². The van der Waals surface area contributed by atoms with Gasteiger partial charge in [-0.2, -0.15) is 0 Å². The van der Waals surface area contributed by atoms with Crippen molar-refractivity contribution in [2.24, 2.45) is 0 Å². The molecule has 0 saturated heterocycles. The van der Waals surface area contributed by atoms with Gasteiger partial charge < -0.3 is 10.1 Å². The fourth-order valence-electron chi connectivity index (χ4n) is 1.50. The van der Waals surface area contributed by atoms with Crippen LogP contribution >= 0.6 is 11.3 Å². The minimum absolute atomic E-state index is 0.145. The number of nitrogens with one attached hydrogen (secondary N) is 2. The van der Waals surface area contributed by atoms with E-state index in [-0.39, 0.29) is 12.3 Å². The molecule has 0 spiro atoms. The van der Waals surface area contributed by atoms with Crippen molar-refractivity contribution in [3.05, 3.63) is 41.2 Å². The number of ether oxygens (including phenoxy) is 1. The Labute approximate surface area is 125 Å². The molecule has 2 rings (SSSR count). The molecule has 0 aromatic carbocycles. The maximum atomic E-state index is 11.8. The highest BCUT2D eigenvalue weighted by molar-refractivity contribution is 7.13. The van der Waals surface area contributed by atoms with Crippen molar-refractivity contribution < 1.29 is 14.3 Å². The van der Waals surface area contributed by atoms with Gasteiger partial charge in [-0.05, 0) is 12.1 Å². The largest absolute Gasteiger partial charge is 0.453 e. The summed E-state index contributed by atoms with van der Waals surface area (Å²) in [6.07, 6.45) is 1.23. The summed E-state index contributed by atoms with van der Waals surface area (Å²) in [5.74, 6) is -0.157. The van der Waals surface area contributed by atoms with E-state index in [9.17, 15) is 9.59 Å². The van der Waals surface area contributed by atoms with Crippen LogP contribution < -0.4 is 10.6 Å². The molecule has 0 fully saturated rings. The van der Waals surface area contributed by atoms with E-state index in [1.165, 1.54) is 18.4 Å². The molecule has 110 valence electrons. The summed E-state index contributed by atoms with van der Waals surface area (Å²) < 4.78 is 4.46. The monoisotopic (exact) mass is 306 g/mol. The maximum absolute atomic E-state index is 11.8. The highest BCUT2D eigenvalue weighted by Crippen LogP contribution is 2.15. The molecule has 2 aromatic heterocycles. The zero-order chi connectivity index (χ0) is 15.1. The highest BCUT2D eigenvalue weighted by Gasteiger charge is 2.09. The van der Waals surface area contributed by atoms with Crippen LogP contribution in [-0.2, 0) is 22.5 Å². The van der Waals surface area contributed by atoms with Gasteiger partial charge in [-0.25, -0.2) is 9.78 Å². The van der Waals surface area contributed by atoms with Crippen LogP contribution in [0.15, 0.2) is 29.8 Å². The minimum Gasteiger partial charge on any atom is -0.453 e. The zero-order valence-electron chi connectivity index (χ0n) is 11.3. The molecule has 0 radical (unpaired) electrons. The number of thiazole rings is 1. The fraction of sp³-hybridized carbons (Fsp3) is 0.231. The Bertz CT molecular complexity index is 615. The average Bonchev–Trinajstić information content (AvgIpc) is 2.93. The molecule has 2 amide bonds. The van der Waals surface area contributed by atoms with Crippen molar-refractivity contribution in [2.45, 2.75) is 13.0 Å². The molecule has 2 aromatic rings. The van der Waals surface area contributed by atoms with Gasteiger partial charge in [0.05, 0.1) is 31.5 Å². The zero-order valence-corrected chi connectivity index (χ0v) is 12.1. The number of amides is 2. The molecule has 0 aliphatic carbocycles. The third-order valence-electron chi connectivity index (χ3n) is 2.48. The first-order valence-electron chi connectivity index (χ1n) is 6.13. The lowest BCUT2D eigenvalue weighted by Crippen LogP contribution is -2.25. The second kappa shape index (κ2) is 7.34. The molecule has 8 heteroatoms. The Morgan fingerprint density at radius 1 is 1.33 bits per heavy atom. The first kappa shape index (κ1) is 14.9. The summed E-state index contributed by atoms with van der Waals surface area (Å²) in [5, 5.41) is 7.32. The van der Waals surface area contributed by atoms with E-state index >= 15 is 0 Å². The molecule has 21 heavy (non-hydrogen) atoms. The van der Waals surface area contributed by atoms with Crippen LogP contribution in [0.25, 0.3) is 0 Å². The summed E-state index contributed by atoms with van der Waals surface area (Å²) in [6.45, 7) is 0.372. The van der Waals surface area contributed by atoms with Gasteiger partial charge in [-0.3, -0.25) is 15.1 Å². The van der Waals surface area contributed by atoms with Crippen molar-refractivity contribution in [3.63, 3.8) is 0 Å². The first-order chi connectivity index (χ1) is 10.2. The Morgan fingerprint density at radius 3 is 2.90 bits per heavy atom. The standard InChI is InChI=1S/C13H14N4O3S/c1-20-13(19)17-12-16-10(8-21-12)6-11(18)15-7-9-4-2-3-5-14-9/h2-5,8H,6-7H2,1H3,(H,15,18)(H,16,17,19). The summed E-state index contributed by atoms with van der Waals surface area (Å²) >= 11 is 1.23. The van der Waals surface area contributed by atoms with Crippen LogP contribution in [-0.4, -0.2) is 29.1 Å². The molecule has 0 aliphatic rings. The lowest BCUT2D eigenvalue weighted by molar-refractivity contribution is -0.120. The van der Waals surface area contributed by atoms with Crippen LogP contribution in [0.3, 0.4) is 0 Å². The smallest absolute Gasteiger partial charge is 0.413 e. The lowest BCUT2D eigenvalue weighted by atomic mass is 10.3. The number of carbonyl (C=O) groups excluding carboxylic acids is 2. The summed E-state index contributed by atoms with van der Waals surface area (Å²) in [5.41, 5.74) is 1.38. The topological polar surface area (TPSA) is 93.2 Å². The average molecular weight is 306 g/mol. The van der Waals surface area contributed by atoms with Crippen molar-refractivity contribution in [1.29, 1.82) is 0 Å². The summed E-state index contributed by atoms with van der Waals surface area (Å²) in [4.78, 5) is 31.0. The van der Waals surface area contributed by atoms with Crippen LogP contribution in [0.2, 0.25) is 0 Å². The summed E-state index contributed by atoms with van der Waals surface area (Å²) in [7, 11) is 1.27. The van der Waals surface area contributed by atoms with E-state index in [4.69, 9.17) is 0 Å². The molecule has 2 heterocycles. The third kappa shape index (κ3) is 4.84. The molecule has 0 bridgehead atoms. The molecule has 0 aliphatic heterocycles. The van der Waals surface area contributed by atoms with Gasteiger partial charge in [0.2, 0.25) is 5.91 Å². The van der Waals surface area contributed by atoms with E-state index in [0.29, 0.717) is 17.4 Å². The van der Waals surface area contributed by atoms with E-state index < -0.39 is 6.09 Å². The number of anilines is 1. The molecule has 2 N–H and O–H groups in total. The van der Waals surface area contributed by atoms with Crippen molar-refractivity contribution in [1.82, 2.24) is 15.3 Å². The lowest BCUT2D eigenvalue weighted by Gasteiger charge is -2.03. The predicted molar refractivity (Wildman–Crippen MR) is 77.9 cm³/mol. The van der Waals surface area contributed by atoms with Crippen LogP contribution in [0.4, 0.5) is 9.93 Å². The third-order valence-corrected chi connectivity index (χ3v) is 3.29. The maximum Gasteiger partial charge on any atom is 0.413 e. The van der Waals surface area contributed by atoms with Gasteiger partial charge >= 0.3 is 6.09 Å². The van der Waals surface area contributed by atoms with Crippen LogP contribution in [0.1, 0.15) is 11.4 Å². The van der Waals surface area contributed by atoms with Gasteiger partial charge in [-0.15, -0.1) is 11.3 Å². The highest BCUT2D eigenvalue weighted by atomic mass is 32.1. The second-order valence-corrected chi connectivity index (χ2v) is 4.89. The molecule has 0 atom stereocenters. The number of aromatic nitrogens is 2. The number of pyridine rings is 1. The van der Waals surface area contributed by atoms with E-state index in [0.717, 1.165) is 5.69 Å². The van der Waals surface area contributed by atoms with Crippen molar-refractivity contribution in [2.75, 3.05) is 12.4 Å². The van der Waals surface area contributed by atoms with E-state index in [1.54, 1.807) is 11.6 Å². The number of hydrogen-bond acceptors (Lipinski definition) is 6. The molecule has 0 saturated carbocycles. The van der Waals surface area contributed by atoms with Gasteiger partial charge in [0.15, 0.2) is 5.13 Å². The van der Waals surface area contributed by atoms with Crippen LogP contribution in [0, 0.1) is 0 Å². The normalized spacial score (nSPS) is 9.95. The van der Waals surface area contributed by atoms with E-state index in [2.05, 4.69) is 25.3 Å². The van der Waals surface area contributed by atoms with E-state index in [1.807, 2.05) is 18.2 Å². The molecule has 7 nitrogen and oxygen atoms in total. The Hall–Kier alpha value is -2.48. The Balaban J connectivity index is 1.81. The number of nitrogens with zero attached hydrogens (tertiary/aromatic N) is 2. The Kier molecular flexibility index (Phi) is 5.22. The first-order valence-corrected chi connectivity index (χ1v) is 7.01. The van der Waals surface area contributed by atoms with Gasteiger partial charge in [-0.1, -0.05) is 6.07 Å². The quantitative estimate of drug-likeness (QED) is 0.874. The number of hydrogen-bond donors (Lipinski definition) is 2. The minimum atomic E-state index is -0.587. The van der Waals surface area contributed by atoms with Crippen LogP contribution in [0.5, 0.6) is 0 Å². The number of rotatable bonds is 5. The van der Waals surface area contributed by atoms with Gasteiger partial charge in [0.1, 0.15) is 0 Å². The predicted octanol–water partition coefficient (Wildman–Crippen LogP) is 1.58. The van der Waals surface area contributed by atoms with Crippen molar-refractivity contribution >= 4 is 28.5 Å². The number of carbonyl (C=O) groups is 2. The Morgan fingerprint density at radius 2 is 2.19 bits per heavy atom. The second-order valence-electron chi connectivity index (χ2n) is 4.04. The van der Waals surface area contributed by atoms with Gasteiger partial charge in [0, 0.05) is 11.6 Å². The molecule has 0 unspecified atom stereocenters. The number of methoxy groups -OCH3 is 1. The molecular weight excluding hydrogens is 292 g/mol. The SMILES string of the molecule is COC(=O)Nc1nc(CC(=O)NCc2ccccn2)cs1. The summed E-state index contributed by atoms with van der Waals surface area (Å²) in [6, 6.07) is 5.51. The fourth-order valence-corrected chi connectivity index (χ4v) is 2.20. The molecular formula is C13H14N4O3S.